The van der Waals surface area contributed by atoms with Gasteiger partial charge in [0.05, 0.1) is 32.5 Å². The number of nitrogens with zero attached hydrogens (tertiary/aromatic N) is 1. The molecule has 0 atom stereocenters. The first-order valence-electron chi connectivity index (χ1n) is 8.28. The second-order valence-electron chi connectivity index (χ2n) is 6.54. The van der Waals surface area contributed by atoms with Gasteiger partial charge in [0.2, 0.25) is 0 Å². The highest BCUT2D eigenvalue weighted by Crippen LogP contribution is 2.35. The summed E-state index contributed by atoms with van der Waals surface area (Å²) in [6.45, 7) is 4.36. The van der Waals surface area contributed by atoms with Crippen LogP contribution in [0.2, 0.25) is 0 Å². The minimum absolute atomic E-state index is 0.322. The summed E-state index contributed by atoms with van der Waals surface area (Å²) >= 11 is 0. The first-order chi connectivity index (χ1) is 11.2. The molecule has 0 N–H and O–H groups in total. The molecule has 0 radical (unpaired) electrons. The van der Waals surface area contributed by atoms with E-state index in [1.54, 1.807) is 0 Å². The zero-order valence-corrected chi connectivity index (χ0v) is 13.9. The van der Waals surface area contributed by atoms with E-state index in [2.05, 4.69) is 11.9 Å². The number of hydrogen-bond donors (Lipinski definition) is 0. The molecule has 3 rings (SSSR count). The number of hydrogen-bond acceptors (Lipinski definition) is 5. The van der Waals surface area contributed by atoms with E-state index in [0.717, 1.165) is 44.9 Å². The van der Waals surface area contributed by atoms with E-state index in [4.69, 9.17) is 14.2 Å². The van der Waals surface area contributed by atoms with Gasteiger partial charge in [0.25, 0.3) is 0 Å². The maximum absolute atomic E-state index is 11.8. The van der Waals surface area contributed by atoms with Crippen LogP contribution in [0.4, 0.5) is 0 Å². The van der Waals surface area contributed by atoms with Crippen molar-refractivity contribution in [3.63, 3.8) is 0 Å². The van der Waals surface area contributed by atoms with Gasteiger partial charge in [-0.15, -0.1) is 0 Å². The van der Waals surface area contributed by atoms with Gasteiger partial charge in [-0.25, -0.2) is 4.79 Å². The molecule has 1 aromatic carbocycles. The maximum atomic E-state index is 11.8. The summed E-state index contributed by atoms with van der Waals surface area (Å²) in [5, 5.41) is 0. The van der Waals surface area contributed by atoms with Gasteiger partial charge in [0, 0.05) is 5.92 Å². The van der Waals surface area contributed by atoms with Crippen molar-refractivity contribution in [2.24, 2.45) is 5.92 Å². The number of benzene rings is 1. The third-order valence-electron chi connectivity index (χ3n) is 4.77. The Morgan fingerprint density at radius 3 is 2.65 bits per heavy atom. The van der Waals surface area contributed by atoms with E-state index in [0.29, 0.717) is 24.0 Å². The lowest BCUT2D eigenvalue weighted by Crippen LogP contribution is -2.33. The number of ether oxygens (including phenoxy) is 3. The van der Waals surface area contributed by atoms with Crippen LogP contribution in [-0.2, 0) is 9.47 Å². The Labute approximate surface area is 137 Å². The third kappa shape index (κ3) is 3.85. The van der Waals surface area contributed by atoms with Crippen molar-refractivity contribution >= 4 is 5.97 Å². The molecule has 2 saturated heterocycles. The van der Waals surface area contributed by atoms with Gasteiger partial charge in [0.1, 0.15) is 5.75 Å². The molecule has 126 valence electrons. The van der Waals surface area contributed by atoms with Gasteiger partial charge in [0.15, 0.2) is 0 Å². The van der Waals surface area contributed by atoms with E-state index in [1.165, 1.54) is 12.7 Å². The quantitative estimate of drug-likeness (QED) is 0.780. The van der Waals surface area contributed by atoms with Crippen LogP contribution >= 0.6 is 0 Å². The summed E-state index contributed by atoms with van der Waals surface area (Å²) in [6, 6.07) is 5.71. The van der Waals surface area contributed by atoms with Gasteiger partial charge in [-0.1, -0.05) is 6.07 Å². The van der Waals surface area contributed by atoms with Gasteiger partial charge in [-0.2, -0.15) is 0 Å². The van der Waals surface area contributed by atoms with E-state index in [9.17, 15) is 4.79 Å². The zero-order chi connectivity index (χ0) is 16.2. The predicted octanol–water partition coefficient (Wildman–Crippen LogP) is 2.31. The SMILES string of the molecule is COC(=O)c1ccc(C2CCN(C)CC2)c(OCC2COC2)c1. The smallest absolute Gasteiger partial charge is 0.337 e. The molecule has 5 nitrogen and oxygen atoms in total. The molecule has 23 heavy (non-hydrogen) atoms. The number of methoxy groups -OCH3 is 1. The van der Waals surface area contributed by atoms with Crippen LogP contribution in [-0.4, -0.2) is 57.9 Å². The molecule has 2 aliphatic heterocycles. The summed E-state index contributed by atoms with van der Waals surface area (Å²) in [5.74, 6) is 1.46. The molecule has 0 aromatic heterocycles. The van der Waals surface area contributed by atoms with E-state index in [1.807, 2.05) is 18.2 Å². The Morgan fingerprint density at radius 2 is 2.04 bits per heavy atom. The summed E-state index contributed by atoms with van der Waals surface area (Å²) in [6.07, 6.45) is 2.24. The molecular formula is C18H25NO4. The highest BCUT2D eigenvalue weighted by Gasteiger charge is 2.24. The average Bonchev–Trinajstić information content (AvgIpc) is 2.53. The van der Waals surface area contributed by atoms with E-state index >= 15 is 0 Å². The van der Waals surface area contributed by atoms with Crippen molar-refractivity contribution in [1.29, 1.82) is 0 Å². The second kappa shape index (κ2) is 7.32. The van der Waals surface area contributed by atoms with E-state index < -0.39 is 0 Å². The van der Waals surface area contributed by atoms with Crippen LogP contribution in [0.15, 0.2) is 18.2 Å². The number of piperidine rings is 1. The Bertz CT molecular complexity index is 548. The fraction of sp³-hybridized carbons (Fsp3) is 0.611. The van der Waals surface area contributed by atoms with Crippen molar-refractivity contribution < 1.29 is 19.0 Å². The van der Waals surface area contributed by atoms with Gasteiger partial charge < -0.3 is 19.1 Å². The Morgan fingerprint density at radius 1 is 1.30 bits per heavy atom. The topological polar surface area (TPSA) is 48.0 Å². The summed E-state index contributed by atoms with van der Waals surface area (Å²) < 4.78 is 16.1. The maximum Gasteiger partial charge on any atom is 0.337 e. The molecule has 5 heteroatoms. The molecule has 0 aliphatic carbocycles. The minimum Gasteiger partial charge on any atom is -0.493 e. The number of carbonyl (C=O) groups excluding carboxylic acids is 1. The summed E-state index contributed by atoms with van der Waals surface area (Å²) in [5.41, 5.74) is 1.76. The van der Waals surface area contributed by atoms with Crippen LogP contribution in [0.5, 0.6) is 5.75 Å². The Hall–Kier alpha value is -1.59. The number of carbonyl (C=O) groups is 1. The van der Waals surface area contributed by atoms with E-state index in [-0.39, 0.29) is 5.97 Å². The Balaban J connectivity index is 1.79. The second-order valence-corrected chi connectivity index (χ2v) is 6.54. The van der Waals surface area contributed by atoms with Gasteiger partial charge in [-0.3, -0.25) is 0 Å². The highest BCUT2D eigenvalue weighted by molar-refractivity contribution is 5.90. The van der Waals surface area contributed by atoms with Crippen molar-refractivity contribution in [2.75, 3.05) is 47.1 Å². The average molecular weight is 319 g/mol. The summed E-state index contributed by atoms with van der Waals surface area (Å²) in [4.78, 5) is 14.1. The number of rotatable bonds is 5. The lowest BCUT2D eigenvalue weighted by molar-refractivity contribution is -0.0510. The predicted molar refractivity (Wildman–Crippen MR) is 87.1 cm³/mol. The largest absolute Gasteiger partial charge is 0.493 e. The molecule has 2 heterocycles. The zero-order valence-electron chi connectivity index (χ0n) is 13.9. The van der Waals surface area contributed by atoms with Crippen LogP contribution < -0.4 is 4.74 Å². The molecule has 0 saturated carbocycles. The van der Waals surface area contributed by atoms with Crippen molar-refractivity contribution in [3.05, 3.63) is 29.3 Å². The highest BCUT2D eigenvalue weighted by atomic mass is 16.5. The van der Waals surface area contributed by atoms with Gasteiger partial charge in [-0.05, 0) is 56.6 Å². The van der Waals surface area contributed by atoms with Crippen molar-refractivity contribution in [3.8, 4) is 5.75 Å². The normalized spacial score (nSPS) is 20.1. The molecule has 0 amide bonds. The number of likely N-dealkylation sites (tertiary alicyclic amines) is 1. The van der Waals surface area contributed by atoms with Crippen LogP contribution in [0, 0.1) is 5.92 Å². The van der Waals surface area contributed by atoms with Crippen LogP contribution in [0.3, 0.4) is 0 Å². The molecule has 1 aromatic rings. The first-order valence-corrected chi connectivity index (χ1v) is 8.28. The summed E-state index contributed by atoms with van der Waals surface area (Å²) in [7, 11) is 3.56. The Kier molecular flexibility index (Phi) is 5.18. The van der Waals surface area contributed by atoms with Crippen molar-refractivity contribution in [2.45, 2.75) is 18.8 Å². The third-order valence-corrected chi connectivity index (χ3v) is 4.77. The lowest BCUT2D eigenvalue weighted by atomic mass is 9.88. The molecule has 2 aliphatic rings. The van der Waals surface area contributed by atoms with Crippen molar-refractivity contribution in [1.82, 2.24) is 4.90 Å². The van der Waals surface area contributed by atoms with Gasteiger partial charge >= 0.3 is 5.97 Å². The first kappa shape index (κ1) is 16.3. The molecule has 0 unspecified atom stereocenters. The van der Waals surface area contributed by atoms with Crippen LogP contribution in [0.1, 0.15) is 34.7 Å². The van der Waals surface area contributed by atoms with Crippen LogP contribution in [0.25, 0.3) is 0 Å². The number of esters is 1. The molecular weight excluding hydrogens is 294 g/mol. The molecule has 2 fully saturated rings. The minimum atomic E-state index is -0.322. The standard InChI is InChI=1S/C18H25NO4/c1-19-7-5-14(6-8-19)16-4-3-15(18(20)21-2)9-17(16)23-12-13-10-22-11-13/h3-4,9,13-14H,5-8,10-12H2,1-2H3. The fourth-order valence-electron chi connectivity index (χ4n) is 3.15. The molecule has 0 bridgehead atoms. The molecule has 0 spiro atoms. The fourth-order valence-corrected chi connectivity index (χ4v) is 3.15. The monoisotopic (exact) mass is 319 g/mol. The lowest BCUT2D eigenvalue weighted by Gasteiger charge is -2.31.